The molecule has 2 nitrogen and oxygen atoms in total. The minimum Gasteiger partial charge on any atom is -0.392 e. The van der Waals surface area contributed by atoms with E-state index in [9.17, 15) is 23.4 Å². The van der Waals surface area contributed by atoms with Crippen molar-refractivity contribution >= 4 is 0 Å². The third kappa shape index (κ3) is 12.0. The van der Waals surface area contributed by atoms with Gasteiger partial charge in [0.25, 0.3) is 0 Å². The summed E-state index contributed by atoms with van der Waals surface area (Å²) >= 11 is 0. The zero-order valence-corrected chi connectivity index (χ0v) is 27.9. The maximum Gasteiger partial charge on any atom is 0.389 e. The average Bonchev–Trinajstić information content (AvgIpc) is 3.06. The molecule has 0 atom stereocenters. The van der Waals surface area contributed by atoms with E-state index in [1.165, 1.54) is 79.2 Å². The molecule has 0 unspecified atom stereocenters. The minimum absolute atomic E-state index is 0.0500. The molecule has 0 spiro atoms. The molecule has 2 N–H and O–H groups in total. The summed E-state index contributed by atoms with van der Waals surface area (Å²) in [6, 6.07) is 16.2. The predicted octanol–water partition coefficient (Wildman–Crippen LogP) is 11.3. The molecule has 0 radical (unpaired) electrons. The first kappa shape index (κ1) is 36.5. The zero-order chi connectivity index (χ0) is 32.9. The Bertz CT molecular complexity index is 1180. The molecule has 2 aliphatic carbocycles. The van der Waals surface area contributed by atoms with Gasteiger partial charge in [-0.3, -0.25) is 0 Å². The lowest BCUT2D eigenvalue weighted by Crippen LogP contribution is -2.25. The summed E-state index contributed by atoms with van der Waals surface area (Å²) < 4.78 is 37.3. The van der Waals surface area contributed by atoms with E-state index in [4.69, 9.17) is 0 Å². The first-order valence-corrected chi connectivity index (χ1v) is 18.0. The molecular weight excluding hydrogens is 581 g/mol. The summed E-state index contributed by atoms with van der Waals surface area (Å²) in [6.07, 6.45) is 12.9. The van der Waals surface area contributed by atoms with Crippen LogP contribution in [0.15, 0.2) is 66.8 Å². The fourth-order valence-corrected chi connectivity index (χ4v) is 8.04. The number of alkyl halides is 3. The van der Waals surface area contributed by atoms with Crippen molar-refractivity contribution < 1.29 is 23.4 Å². The van der Waals surface area contributed by atoms with E-state index < -0.39 is 12.6 Å². The molecule has 0 aromatic heterocycles. The van der Waals surface area contributed by atoms with Gasteiger partial charge in [-0.2, -0.15) is 13.2 Å². The van der Waals surface area contributed by atoms with Gasteiger partial charge in [-0.1, -0.05) is 92.5 Å². The second-order valence-electron chi connectivity index (χ2n) is 14.4. The number of aliphatic hydroxyl groups excluding tert-OH is 2. The normalized spacial score (nSPS) is 22.1. The van der Waals surface area contributed by atoms with Gasteiger partial charge in [0.2, 0.25) is 0 Å². The highest BCUT2D eigenvalue weighted by Gasteiger charge is 2.31. The van der Waals surface area contributed by atoms with Crippen molar-refractivity contribution in [2.75, 3.05) is 13.2 Å². The minimum atomic E-state index is -4.01. The maximum absolute atomic E-state index is 12.4. The third-order valence-electron chi connectivity index (χ3n) is 10.9. The Morgan fingerprint density at radius 2 is 1.17 bits per heavy atom. The van der Waals surface area contributed by atoms with Crippen LogP contribution in [-0.2, 0) is 12.8 Å². The van der Waals surface area contributed by atoms with Crippen LogP contribution in [0.25, 0.3) is 11.1 Å². The predicted molar refractivity (Wildman–Crippen MR) is 185 cm³/mol. The Balaban J connectivity index is 1.28. The lowest BCUT2D eigenvalue weighted by Gasteiger charge is -2.38. The fraction of sp³-hybridized carbons (Fsp3) is 0.610. The van der Waals surface area contributed by atoms with Crippen LogP contribution in [-0.4, -0.2) is 29.6 Å². The molecule has 254 valence electrons. The van der Waals surface area contributed by atoms with E-state index in [0.29, 0.717) is 11.8 Å². The van der Waals surface area contributed by atoms with Gasteiger partial charge in [0.15, 0.2) is 0 Å². The van der Waals surface area contributed by atoms with E-state index >= 15 is 0 Å². The van der Waals surface area contributed by atoms with Crippen molar-refractivity contribution in [2.45, 2.75) is 128 Å². The van der Waals surface area contributed by atoms with Crippen molar-refractivity contribution in [1.82, 2.24) is 0 Å². The van der Waals surface area contributed by atoms with Crippen LogP contribution in [0.1, 0.15) is 125 Å². The van der Waals surface area contributed by atoms with Gasteiger partial charge in [0.05, 0.1) is 13.2 Å². The molecule has 0 bridgehead atoms. The van der Waals surface area contributed by atoms with Gasteiger partial charge in [0, 0.05) is 6.42 Å². The second-order valence-corrected chi connectivity index (χ2v) is 14.4. The number of rotatable bonds is 17. The smallest absolute Gasteiger partial charge is 0.389 e. The van der Waals surface area contributed by atoms with Crippen LogP contribution >= 0.6 is 0 Å². The standard InChI is InChI=1S/C41H57F3O2/c1-30(28-45)7-5-10-33-25-34(11-6-8-31(2)29-46)27-40(26-33)39-22-20-38(21-23-39)37-18-16-36(17-19-37)35-14-12-32(13-15-35)9-3-4-24-41(42,43)44/h20-23,25-27,32,35-37,45-46H,1-19,24,28-29H2. The van der Waals surface area contributed by atoms with Gasteiger partial charge in [-0.15, -0.1) is 0 Å². The Morgan fingerprint density at radius 3 is 1.67 bits per heavy atom. The van der Waals surface area contributed by atoms with Crippen LogP contribution < -0.4 is 0 Å². The lowest BCUT2D eigenvalue weighted by molar-refractivity contribution is -0.135. The first-order valence-electron chi connectivity index (χ1n) is 18.0. The molecule has 46 heavy (non-hydrogen) atoms. The van der Waals surface area contributed by atoms with Gasteiger partial charge in [-0.25, -0.2) is 0 Å². The van der Waals surface area contributed by atoms with E-state index in [1.807, 2.05) is 0 Å². The quantitative estimate of drug-likeness (QED) is 0.134. The van der Waals surface area contributed by atoms with E-state index in [1.54, 1.807) is 0 Å². The zero-order valence-electron chi connectivity index (χ0n) is 27.9. The second kappa shape index (κ2) is 18.2. The van der Waals surface area contributed by atoms with Gasteiger partial charge >= 0.3 is 6.18 Å². The molecule has 2 fully saturated rings. The van der Waals surface area contributed by atoms with Crippen molar-refractivity contribution in [3.05, 3.63) is 83.5 Å². The largest absolute Gasteiger partial charge is 0.392 e. The number of unbranched alkanes of at least 4 members (excludes halogenated alkanes) is 1. The van der Waals surface area contributed by atoms with E-state index in [0.717, 1.165) is 74.3 Å². The van der Waals surface area contributed by atoms with E-state index in [-0.39, 0.29) is 19.6 Å². The number of benzene rings is 2. The fourth-order valence-electron chi connectivity index (χ4n) is 8.04. The third-order valence-corrected chi connectivity index (χ3v) is 10.9. The topological polar surface area (TPSA) is 40.5 Å². The molecule has 0 saturated heterocycles. The number of aliphatic hydroxyl groups is 2. The van der Waals surface area contributed by atoms with Crippen molar-refractivity contribution in [3.8, 4) is 11.1 Å². The molecule has 0 heterocycles. The highest BCUT2D eigenvalue weighted by atomic mass is 19.4. The van der Waals surface area contributed by atoms with Crippen LogP contribution in [0.4, 0.5) is 13.2 Å². The molecule has 2 aromatic carbocycles. The summed E-state index contributed by atoms with van der Waals surface area (Å²) in [5.41, 5.74) is 8.34. The van der Waals surface area contributed by atoms with Crippen LogP contribution in [0.3, 0.4) is 0 Å². The highest BCUT2D eigenvalue weighted by Crippen LogP contribution is 2.45. The van der Waals surface area contributed by atoms with Gasteiger partial charge in [0.1, 0.15) is 0 Å². The molecule has 0 amide bonds. The molecular formula is C41H57F3O2. The molecule has 0 aliphatic heterocycles. The van der Waals surface area contributed by atoms with Crippen molar-refractivity contribution in [1.29, 1.82) is 0 Å². The Labute approximate surface area is 276 Å². The van der Waals surface area contributed by atoms with E-state index in [2.05, 4.69) is 55.6 Å². The number of halogens is 3. The molecule has 4 rings (SSSR count). The summed E-state index contributed by atoms with van der Waals surface area (Å²) in [6.45, 7) is 7.98. The monoisotopic (exact) mass is 638 g/mol. The summed E-state index contributed by atoms with van der Waals surface area (Å²) in [5.74, 6) is 2.87. The van der Waals surface area contributed by atoms with Crippen molar-refractivity contribution in [3.63, 3.8) is 0 Å². The SMILES string of the molecule is C=C(CO)CCCc1cc(CCCC(=C)CO)cc(-c2ccc(C3CCC(C4CCC(CCCCC(F)(F)F)CC4)CC3)cc2)c1. The summed E-state index contributed by atoms with van der Waals surface area (Å²) in [7, 11) is 0. The Morgan fingerprint density at radius 1 is 0.652 bits per heavy atom. The first-order chi connectivity index (χ1) is 22.1. The molecule has 5 heteroatoms. The number of hydrogen-bond acceptors (Lipinski definition) is 2. The highest BCUT2D eigenvalue weighted by molar-refractivity contribution is 5.65. The average molecular weight is 639 g/mol. The van der Waals surface area contributed by atoms with Gasteiger partial charge < -0.3 is 10.2 Å². The Hall–Kier alpha value is -2.37. The van der Waals surface area contributed by atoms with Gasteiger partial charge in [-0.05, 0) is 135 Å². The lowest BCUT2D eigenvalue weighted by atomic mass is 9.68. The summed E-state index contributed by atoms with van der Waals surface area (Å²) in [4.78, 5) is 0. The Kier molecular flexibility index (Phi) is 14.5. The number of hydrogen-bond donors (Lipinski definition) is 2. The maximum atomic E-state index is 12.4. The van der Waals surface area contributed by atoms with Crippen LogP contribution in [0.5, 0.6) is 0 Å². The number of aryl methyl sites for hydroxylation is 2. The van der Waals surface area contributed by atoms with Crippen molar-refractivity contribution in [2.24, 2.45) is 17.8 Å². The molecule has 2 aliphatic rings. The summed E-state index contributed by atoms with van der Waals surface area (Å²) in [5, 5.41) is 18.7. The molecule has 2 aromatic rings. The van der Waals surface area contributed by atoms with Crippen LogP contribution in [0.2, 0.25) is 0 Å². The van der Waals surface area contributed by atoms with Crippen LogP contribution in [0, 0.1) is 17.8 Å². The molecule has 2 saturated carbocycles.